The Morgan fingerprint density at radius 2 is 1.23 bits per heavy atom. The third-order valence-electron chi connectivity index (χ3n) is 24.8. The molecule has 10 fully saturated rings. The molecule has 10 aliphatic rings. The van der Waals surface area contributed by atoms with Gasteiger partial charge in [-0.3, -0.25) is 9.59 Å². The monoisotopic (exact) mass is 1330 g/mol. The number of esters is 3. The minimum atomic E-state index is -2.29. The molecular weight excluding hydrogens is 1230 g/mol. The molecule has 14 N–H and O–H groups in total. The fourth-order valence-corrected chi connectivity index (χ4v) is 19.7. The molecule has 4 saturated heterocycles. The van der Waals surface area contributed by atoms with Gasteiger partial charge in [-0.25, -0.2) is 9.59 Å². The van der Waals surface area contributed by atoms with Gasteiger partial charge in [0.2, 0.25) is 0 Å². The van der Waals surface area contributed by atoms with Crippen molar-refractivity contribution in [2.75, 3.05) is 13.2 Å². The van der Waals surface area contributed by atoms with Crippen LogP contribution < -0.4 is 0 Å². The molecule has 6 aliphatic carbocycles. The summed E-state index contributed by atoms with van der Waals surface area (Å²) in [6.45, 7) is 19.1. The molecule has 0 aromatic heterocycles. The van der Waals surface area contributed by atoms with E-state index in [1.807, 2.05) is 27.7 Å². The lowest BCUT2D eigenvalue weighted by molar-refractivity contribution is -0.404. The van der Waals surface area contributed by atoms with Crippen LogP contribution in [0.5, 0.6) is 0 Å². The average molecular weight is 1330 g/mol. The summed E-state index contributed by atoms with van der Waals surface area (Å²) in [6, 6.07) is 0. The zero-order chi connectivity index (χ0) is 68.5. The number of carbonyl (C=O) groups is 4. The molecule has 2 bridgehead atoms. The van der Waals surface area contributed by atoms with Crippen molar-refractivity contribution in [2.45, 2.75) is 293 Å². The molecule has 6 saturated carbocycles. The molecule has 0 amide bonds. The number of allylic oxidation sites excluding steroid dienone is 1. The summed E-state index contributed by atoms with van der Waals surface area (Å²) in [5.41, 5.74) is -6.13. The Morgan fingerprint density at radius 1 is 0.581 bits per heavy atom. The smallest absolute Gasteiger partial charge is 0.335 e. The van der Waals surface area contributed by atoms with Gasteiger partial charge < -0.3 is 124 Å². The van der Waals surface area contributed by atoms with Gasteiger partial charge in [0.25, 0.3) is 0 Å². The summed E-state index contributed by atoms with van der Waals surface area (Å²) in [4.78, 5) is 54.4. The van der Waals surface area contributed by atoms with Crippen LogP contribution in [0.4, 0.5) is 0 Å². The van der Waals surface area contributed by atoms with E-state index in [1.54, 1.807) is 26.8 Å². The molecule has 4 aliphatic heterocycles. The molecule has 29 nitrogen and oxygen atoms in total. The van der Waals surface area contributed by atoms with Crippen molar-refractivity contribution in [3.05, 3.63) is 11.6 Å². The highest BCUT2D eigenvalue weighted by Crippen LogP contribution is 2.82. The van der Waals surface area contributed by atoms with Gasteiger partial charge in [-0.2, -0.15) is 0 Å². The van der Waals surface area contributed by atoms with Crippen molar-refractivity contribution in [1.29, 1.82) is 0 Å². The molecule has 10 rings (SSSR count). The predicted octanol–water partition coefficient (Wildman–Crippen LogP) is -1.33. The molecule has 33 atom stereocenters. The van der Waals surface area contributed by atoms with Crippen molar-refractivity contribution in [3.63, 3.8) is 0 Å². The SMILES string of the molecule is CC=C(C)C(=O)OC1C(OC(=O)CC)C23C(O)OC4(CCC5C6(C)CCC(OC7OC(C(=O)O)C(O)C(OC8OC(CO)C(O)C(O)C8OC8OC(O)C(O)C(O)C8O)C7OC7CC(CO)C(O)C(O)C7O)C(C)(C)C6CCC5(C)C4(C)CC2OC(C)=O)C3CC1(C)C. The summed E-state index contributed by atoms with van der Waals surface area (Å²) >= 11 is 0. The minimum absolute atomic E-state index is 0.0437. The zero-order valence-electron chi connectivity index (χ0n) is 54.6. The van der Waals surface area contributed by atoms with Crippen LogP contribution in [0.15, 0.2) is 11.6 Å². The number of aliphatic hydroxyl groups is 13. The Labute approximate surface area is 539 Å². The molecule has 1 spiro atoms. The Kier molecular flexibility index (Phi) is 20.4. The maximum Gasteiger partial charge on any atom is 0.335 e. The van der Waals surface area contributed by atoms with Crippen LogP contribution in [0.3, 0.4) is 0 Å². The molecule has 0 aromatic carbocycles. The van der Waals surface area contributed by atoms with Crippen LogP contribution in [0.2, 0.25) is 0 Å². The van der Waals surface area contributed by atoms with Gasteiger partial charge in [-0.1, -0.05) is 61.5 Å². The number of hydrogen-bond acceptors (Lipinski definition) is 28. The molecule has 33 unspecified atom stereocenters. The number of ether oxygens (including phenoxy) is 11. The van der Waals surface area contributed by atoms with E-state index in [9.17, 15) is 90.7 Å². The fraction of sp³-hybridized carbons (Fsp3) is 0.906. The van der Waals surface area contributed by atoms with Crippen LogP contribution in [0.25, 0.3) is 0 Å². The number of hydrogen-bond donors (Lipinski definition) is 14. The van der Waals surface area contributed by atoms with E-state index >= 15 is 0 Å². The van der Waals surface area contributed by atoms with Crippen molar-refractivity contribution in [2.24, 2.45) is 56.2 Å². The summed E-state index contributed by atoms with van der Waals surface area (Å²) in [5.74, 6) is -5.60. The first-order valence-electron chi connectivity index (χ1n) is 32.8. The maximum absolute atomic E-state index is 13.8. The average Bonchev–Trinajstić information content (AvgIpc) is 1.59. The second-order valence-electron chi connectivity index (χ2n) is 30.2. The van der Waals surface area contributed by atoms with E-state index in [0.29, 0.717) is 44.1 Å². The van der Waals surface area contributed by atoms with Crippen LogP contribution in [-0.2, 0) is 71.3 Å². The lowest BCUT2D eigenvalue weighted by atomic mass is 9.30. The largest absolute Gasteiger partial charge is 0.479 e. The molecule has 29 heteroatoms. The van der Waals surface area contributed by atoms with Crippen molar-refractivity contribution in [1.82, 2.24) is 0 Å². The third kappa shape index (κ3) is 11.4. The lowest BCUT2D eigenvalue weighted by Crippen LogP contribution is -2.77. The van der Waals surface area contributed by atoms with Crippen LogP contribution in [-0.4, -0.2) is 262 Å². The van der Waals surface area contributed by atoms with Crippen LogP contribution >= 0.6 is 0 Å². The third-order valence-corrected chi connectivity index (χ3v) is 24.8. The fourth-order valence-electron chi connectivity index (χ4n) is 19.7. The number of aliphatic carboxylic acids is 1. The second kappa shape index (κ2) is 26.1. The first-order chi connectivity index (χ1) is 43.4. The highest BCUT2D eigenvalue weighted by Gasteiger charge is 2.86. The van der Waals surface area contributed by atoms with E-state index in [2.05, 4.69) is 20.8 Å². The van der Waals surface area contributed by atoms with Crippen molar-refractivity contribution >= 4 is 23.9 Å². The van der Waals surface area contributed by atoms with Crippen molar-refractivity contribution in [3.8, 4) is 0 Å². The van der Waals surface area contributed by atoms with Gasteiger partial charge in [-0.15, -0.1) is 0 Å². The predicted molar refractivity (Wildman–Crippen MR) is 312 cm³/mol. The quantitative estimate of drug-likeness (QED) is 0.0368. The number of carboxylic acids is 1. The summed E-state index contributed by atoms with van der Waals surface area (Å²) in [7, 11) is 0. The highest BCUT2D eigenvalue weighted by atomic mass is 16.8. The first-order valence-corrected chi connectivity index (χ1v) is 32.8. The Hall–Kier alpha value is -3.22. The van der Waals surface area contributed by atoms with Gasteiger partial charge in [-0.05, 0) is 99.7 Å². The van der Waals surface area contributed by atoms with Gasteiger partial charge >= 0.3 is 23.9 Å². The molecule has 0 radical (unpaired) electrons. The lowest BCUT2D eigenvalue weighted by Gasteiger charge is -2.75. The van der Waals surface area contributed by atoms with Gasteiger partial charge in [0.15, 0.2) is 43.7 Å². The first kappa shape index (κ1) is 72.5. The van der Waals surface area contributed by atoms with E-state index in [1.165, 1.54) is 6.92 Å². The molecule has 530 valence electrons. The van der Waals surface area contributed by atoms with E-state index in [4.69, 9.17) is 52.1 Å². The number of carboxylic acid groups (broad SMARTS) is 1. The minimum Gasteiger partial charge on any atom is -0.479 e. The Bertz CT molecular complexity index is 2770. The summed E-state index contributed by atoms with van der Waals surface area (Å²) in [5, 5.41) is 155. The molecule has 4 heterocycles. The van der Waals surface area contributed by atoms with Gasteiger partial charge in [0.1, 0.15) is 90.9 Å². The number of aliphatic hydroxyl groups excluding tert-OH is 13. The summed E-state index contributed by atoms with van der Waals surface area (Å²) in [6.07, 6.45) is -39.3. The zero-order valence-corrected chi connectivity index (χ0v) is 54.6. The van der Waals surface area contributed by atoms with E-state index < -0.39 is 234 Å². The standard InChI is InChI=1S/C64H100O29/c1-12-25(3)52(80)91-49-50(87-35(68)13-2)64-32(21-58(49,5)6)63(93-57(64)82)19-15-31-60(9)17-16-33(59(7,8)30(60)14-18-61(31,10)62(63,11)22-34(64)83-26(4)67)86-56-48(84-28-20-27(23-65)36(69)39(72)37(28)70)45(44(77)46(89-56)51(78)79)88-55-47(41(74)38(71)29(24-66)85-55)90-54-43(76)40(73)42(75)53(81)92-54/h12,27-34,36-50,53-57,65-66,69-77,81-82H,13-24H2,1-11H3,(H,78,79). The Morgan fingerprint density at radius 3 is 1.85 bits per heavy atom. The Balaban J connectivity index is 0.991. The topological polar surface area (TPSA) is 453 Å². The molecule has 0 aromatic rings. The number of carbonyl (C=O) groups excluding carboxylic acids is 3. The number of rotatable bonds is 16. The maximum atomic E-state index is 13.8. The second-order valence-corrected chi connectivity index (χ2v) is 30.2. The van der Waals surface area contributed by atoms with Gasteiger partial charge in [0.05, 0.1) is 30.5 Å². The molecule has 93 heavy (non-hydrogen) atoms. The van der Waals surface area contributed by atoms with E-state index in [-0.39, 0.29) is 37.5 Å². The van der Waals surface area contributed by atoms with Gasteiger partial charge in [0, 0.05) is 48.2 Å². The highest BCUT2D eigenvalue weighted by molar-refractivity contribution is 5.88. The van der Waals surface area contributed by atoms with E-state index in [0.717, 1.165) is 0 Å². The summed E-state index contributed by atoms with van der Waals surface area (Å²) < 4.78 is 69.6. The normalized spacial score (nSPS) is 51.6. The number of fused-ring (bicyclic) bond motifs is 4. The van der Waals surface area contributed by atoms with Crippen LogP contribution in [0.1, 0.15) is 140 Å². The van der Waals surface area contributed by atoms with Crippen LogP contribution in [0, 0.1) is 56.2 Å². The van der Waals surface area contributed by atoms with Crippen molar-refractivity contribution < 1.29 is 143 Å². The molecular formula is C64H100O29.